The highest BCUT2D eigenvalue weighted by atomic mass is 16.5. The molecular formula is C22H32N2O5. The lowest BCUT2D eigenvalue weighted by atomic mass is 9.98. The van der Waals surface area contributed by atoms with Gasteiger partial charge in [-0.2, -0.15) is 0 Å². The Kier molecular flexibility index (Phi) is 9.83. The monoisotopic (exact) mass is 404 g/mol. The van der Waals surface area contributed by atoms with Gasteiger partial charge in [0, 0.05) is 13.0 Å². The van der Waals surface area contributed by atoms with Crippen molar-refractivity contribution in [3.63, 3.8) is 0 Å². The predicted octanol–water partition coefficient (Wildman–Crippen LogP) is 1.25. The van der Waals surface area contributed by atoms with Crippen LogP contribution in [0.15, 0.2) is 43.0 Å². The third-order valence-corrected chi connectivity index (χ3v) is 5.15. The molecule has 7 nitrogen and oxygen atoms in total. The Morgan fingerprint density at radius 1 is 1.31 bits per heavy atom. The molecule has 29 heavy (non-hydrogen) atoms. The van der Waals surface area contributed by atoms with Crippen molar-refractivity contribution in [1.82, 2.24) is 10.2 Å². The van der Waals surface area contributed by atoms with Gasteiger partial charge in [0.1, 0.15) is 0 Å². The molecule has 0 aromatic heterocycles. The number of aliphatic hydroxyl groups is 2. The molecular weight excluding hydrogens is 372 g/mol. The number of carbonyl (C=O) groups excluding carboxylic acids is 2. The summed E-state index contributed by atoms with van der Waals surface area (Å²) >= 11 is 0. The van der Waals surface area contributed by atoms with Crippen LogP contribution in [0.25, 0.3) is 0 Å². The quantitative estimate of drug-likeness (QED) is 0.456. The minimum absolute atomic E-state index is 0.0530. The van der Waals surface area contributed by atoms with Crippen molar-refractivity contribution in [1.29, 1.82) is 0 Å². The minimum atomic E-state index is -0.567. The maximum absolute atomic E-state index is 12.7. The van der Waals surface area contributed by atoms with Crippen molar-refractivity contribution >= 4 is 11.8 Å². The lowest BCUT2D eigenvalue weighted by molar-refractivity contribution is -0.137. The maximum atomic E-state index is 12.7. The van der Waals surface area contributed by atoms with Gasteiger partial charge in [-0.05, 0) is 24.8 Å². The highest BCUT2D eigenvalue weighted by molar-refractivity contribution is 5.86. The molecule has 2 rings (SSSR count). The van der Waals surface area contributed by atoms with E-state index in [0.29, 0.717) is 19.6 Å². The van der Waals surface area contributed by atoms with Crippen molar-refractivity contribution in [2.45, 2.75) is 44.4 Å². The third kappa shape index (κ3) is 7.27. The van der Waals surface area contributed by atoms with E-state index in [2.05, 4.69) is 11.9 Å². The Hall–Kier alpha value is -2.22. The number of nitrogens with one attached hydrogen (secondary N) is 1. The highest BCUT2D eigenvalue weighted by Gasteiger charge is 2.31. The summed E-state index contributed by atoms with van der Waals surface area (Å²) in [6, 6.07) is 8.93. The van der Waals surface area contributed by atoms with Crippen LogP contribution in [0, 0.1) is 5.92 Å². The average molecular weight is 405 g/mol. The molecule has 1 aromatic carbocycles. The van der Waals surface area contributed by atoms with Gasteiger partial charge in [-0.3, -0.25) is 9.59 Å². The normalized spacial score (nSPS) is 18.3. The van der Waals surface area contributed by atoms with Crippen LogP contribution in [0.1, 0.15) is 31.2 Å². The largest absolute Gasteiger partial charge is 0.394 e. The average Bonchev–Trinajstić information content (AvgIpc) is 3.22. The standard InChI is InChI=1S/C22H32N2O5/c1-2-7-18(12-21(27)24-11-6-10-20(24)14-26)22(28)23-19(13-25)16-29-15-17-8-4-3-5-9-17/h2-5,8-9,18-20,25-26H,1,6-7,10-16H2,(H,23,28)/t18-,19-,20+/m1/s1. The molecule has 1 fully saturated rings. The van der Waals surface area contributed by atoms with E-state index in [1.807, 2.05) is 30.3 Å². The van der Waals surface area contributed by atoms with Crippen LogP contribution in [0.3, 0.4) is 0 Å². The SMILES string of the molecule is C=CC[C@H](CC(=O)N1CCC[C@H]1CO)C(=O)N[C@H](CO)COCc1ccccc1. The van der Waals surface area contributed by atoms with Crippen molar-refractivity contribution in [3.05, 3.63) is 48.6 Å². The molecule has 0 bridgehead atoms. The topological polar surface area (TPSA) is 99.1 Å². The predicted molar refractivity (Wildman–Crippen MR) is 110 cm³/mol. The number of carbonyl (C=O) groups is 2. The number of hydrogen-bond donors (Lipinski definition) is 3. The Bertz CT molecular complexity index is 652. The summed E-state index contributed by atoms with van der Waals surface area (Å²) in [4.78, 5) is 27.0. The summed E-state index contributed by atoms with van der Waals surface area (Å²) in [6.45, 7) is 4.54. The van der Waals surface area contributed by atoms with Gasteiger partial charge in [-0.15, -0.1) is 6.58 Å². The fraction of sp³-hybridized carbons (Fsp3) is 0.545. The van der Waals surface area contributed by atoms with Crippen LogP contribution in [0.5, 0.6) is 0 Å². The van der Waals surface area contributed by atoms with E-state index in [-0.39, 0.29) is 44.1 Å². The third-order valence-electron chi connectivity index (χ3n) is 5.15. The molecule has 3 atom stereocenters. The van der Waals surface area contributed by atoms with E-state index in [1.54, 1.807) is 11.0 Å². The van der Waals surface area contributed by atoms with E-state index in [0.717, 1.165) is 18.4 Å². The molecule has 7 heteroatoms. The first-order valence-electron chi connectivity index (χ1n) is 10.1. The van der Waals surface area contributed by atoms with Gasteiger partial charge in [0.15, 0.2) is 0 Å². The zero-order chi connectivity index (χ0) is 21.1. The second-order valence-corrected chi connectivity index (χ2v) is 7.38. The summed E-state index contributed by atoms with van der Waals surface area (Å²) in [5, 5.41) is 21.8. The number of nitrogens with zero attached hydrogens (tertiary/aromatic N) is 1. The summed E-state index contributed by atoms with van der Waals surface area (Å²) in [6.07, 6.45) is 3.67. The first-order valence-corrected chi connectivity index (χ1v) is 10.1. The summed E-state index contributed by atoms with van der Waals surface area (Å²) in [5.74, 6) is -1.01. The number of amides is 2. The number of allylic oxidation sites excluding steroid dienone is 1. The van der Waals surface area contributed by atoms with E-state index in [1.165, 1.54) is 0 Å². The number of aliphatic hydroxyl groups excluding tert-OH is 2. The number of likely N-dealkylation sites (tertiary alicyclic amines) is 1. The van der Waals surface area contributed by atoms with Crippen molar-refractivity contribution in [2.75, 3.05) is 26.4 Å². The molecule has 3 N–H and O–H groups in total. The number of benzene rings is 1. The van der Waals surface area contributed by atoms with Gasteiger partial charge in [-0.25, -0.2) is 0 Å². The first-order chi connectivity index (χ1) is 14.1. The first kappa shape index (κ1) is 23.1. The summed E-state index contributed by atoms with van der Waals surface area (Å²) in [5.41, 5.74) is 1.01. The zero-order valence-electron chi connectivity index (χ0n) is 16.8. The molecule has 1 saturated heterocycles. The molecule has 0 unspecified atom stereocenters. The number of ether oxygens (including phenoxy) is 1. The second kappa shape index (κ2) is 12.4. The molecule has 0 spiro atoms. The number of hydrogen-bond acceptors (Lipinski definition) is 5. The van der Waals surface area contributed by atoms with Crippen LogP contribution >= 0.6 is 0 Å². The van der Waals surface area contributed by atoms with Gasteiger partial charge < -0.3 is 25.2 Å². The van der Waals surface area contributed by atoms with Gasteiger partial charge in [0.25, 0.3) is 0 Å². The van der Waals surface area contributed by atoms with Crippen molar-refractivity contribution < 1.29 is 24.5 Å². The van der Waals surface area contributed by atoms with Crippen LogP contribution in [-0.2, 0) is 20.9 Å². The minimum Gasteiger partial charge on any atom is -0.394 e. The molecule has 1 aliphatic rings. The van der Waals surface area contributed by atoms with Crippen LogP contribution in [0.4, 0.5) is 0 Å². The molecule has 1 heterocycles. The van der Waals surface area contributed by atoms with E-state index in [9.17, 15) is 19.8 Å². The van der Waals surface area contributed by atoms with Gasteiger partial charge in [0.05, 0.1) is 44.4 Å². The summed E-state index contributed by atoms with van der Waals surface area (Å²) < 4.78 is 5.61. The Labute approximate surface area is 172 Å². The molecule has 160 valence electrons. The lowest BCUT2D eigenvalue weighted by Gasteiger charge is -2.26. The van der Waals surface area contributed by atoms with E-state index < -0.39 is 12.0 Å². The highest BCUT2D eigenvalue weighted by Crippen LogP contribution is 2.21. The molecule has 1 aromatic rings. The van der Waals surface area contributed by atoms with Crippen molar-refractivity contribution in [2.24, 2.45) is 5.92 Å². The maximum Gasteiger partial charge on any atom is 0.224 e. The molecule has 0 saturated carbocycles. The fourth-order valence-electron chi connectivity index (χ4n) is 3.52. The Morgan fingerprint density at radius 3 is 2.72 bits per heavy atom. The lowest BCUT2D eigenvalue weighted by Crippen LogP contribution is -2.45. The van der Waals surface area contributed by atoms with Gasteiger partial charge >= 0.3 is 0 Å². The molecule has 0 aliphatic carbocycles. The number of rotatable bonds is 12. The molecule has 1 aliphatic heterocycles. The Morgan fingerprint density at radius 2 is 2.07 bits per heavy atom. The zero-order valence-corrected chi connectivity index (χ0v) is 16.8. The van der Waals surface area contributed by atoms with Crippen molar-refractivity contribution in [3.8, 4) is 0 Å². The van der Waals surface area contributed by atoms with E-state index >= 15 is 0 Å². The van der Waals surface area contributed by atoms with Gasteiger partial charge in [-0.1, -0.05) is 36.4 Å². The van der Waals surface area contributed by atoms with Crippen LogP contribution in [0.2, 0.25) is 0 Å². The summed E-state index contributed by atoms with van der Waals surface area (Å²) in [7, 11) is 0. The van der Waals surface area contributed by atoms with Crippen LogP contribution < -0.4 is 5.32 Å². The Balaban J connectivity index is 1.85. The van der Waals surface area contributed by atoms with Gasteiger partial charge in [0.2, 0.25) is 11.8 Å². The second-order valence-electron chi connectivity index (χ2n) is 7.38. The van der Waals surface area contributed by atoms with Crippen LogP contribution in [-0.4, -0.2) is 65.4 Å². The molecule has 2 amide bonds. The molecule has 0 radical (unpaired) electrons. The smallest absolute Gasteiger partial charge is 0.224 e. The fourth-order valence-corrected chi connectivity index (χ4v) is 3.52. The van der Waals surface area contributed by atoms with E-state index in [4.69, 9.17) is 4.74 Å².